The Kier molecular flexibility index (Phi) is 5.16. The summed E-state index contributed by atoms with van der Waals surface area (Å²) in [6, 6.07) is 11.8. The molecule has 7 heteroatoms. The van der Waals surface area contributed by atoms with Crippen LogP contribution in [0.3, 0.4) is 0 Å². The van der Waals surface area contributed by atoms with Crippen molar-refractivity contribution in [3.05, 3.63) is 66.2 Å². The molecule has 2 aromatic carbocycles. The Hall–Kier alpha value is -2.64. The molecule has 3 aromatic rings. The summed E-state index contributed by atoms with van der Waals surface area (Å²) < 4.78 is 15.4. The highest BCUT2D eigenvalue weighted by molar-refractivity contribution is 7.97. The van der Waals surface area contributed by atoms with E-state index >= 15 is 0 Å². The van der Waals surface area contributed by atoms with Gasteiger partial charge in [0, 0.05) is 29.4 Å². The molecule has 0 spiro atoms. The lowest BCUT2D eigenvalue weighted by Gasteiger charge is -2.10. The fourth-order valence-corrected chi connectivity index (χ4v) is 2.89. The van der Waals surface area contributed by atoms with Crippen molar-refractivity contribution in [2.75, 3.05) is 5.32 Å². The zero-order chi connectivity index (χ0) is 17.8. The van der Waals surface area contributed by atoms with Gasteiger partial charge in [-0.15, -0.1) is 0 Å². The van der Waals surface area contributed by atoms with Gasteiger partial charge in [0.05, 0.1) is 12.6 Å². The van der Waals surface area contributed by atoms with Crippen LogP contribution in [0.15, 0.2) is 59.8 Å². The molecule has 1 heterocycles. The number of benzene rings is 2. The normalized spacial score (nSPS) is 10.7. The van der Waals surface area contributed by atoms with E-state index in [1.54, 1.807) is 35.1 Å². The summed E-state index contributed by atoms with van der Waals surface area (Å²) >= 11 is 1.09. The molecule has 0 atom stereocenters. The maximum atomic E-state index is 13.7. The summed E-state index contributed by atoms with van der Waals surface area (Å²) in [6.45, 7) is 0. The number of rotatable bonds is 5. The van der Waals surface area contributed by atoms with Crippen molar-refractivity contribution in [3.8, 4) is 11.1 Å². The molecule has 3 N–H and O–H groups in total. The molecule has 0 aliphatic heterocycles. The summed E-state index contributed by atoms with van der Waals surface area (Å²) in [4.78, 5) is 13.1. The minimum Gasteiger partial charge on any atom is -0.326 e. The van der Waals surface area contributed by atoms with E-state index in [0.717, 1.165) is 28.0 Å². The van der Waals surface area contributed by atoms with Crippen LogP contribution < -0.4 is 10.5 Å². The monoisotopic (exact) mass is 356 g/mol. The fourth-order valence-electron chi connectivity index (χ4n) is 2.50. The zero-order valence-electron chi connectivity index (χ0n) is 13.6. The van der Waals surface area contributed by atoms with Gasteiger partial charge in [-0.2, -0.15) is 5.10 Å². The molecule has 0 radical (unpaired) electrons. The predicted octanol–water partition coefficient (Wildman–Crippen LogP) is 3.37. The van der Waals surface area contributed by atoms with Crippen molar-refractivity contribution in [2.24, 2.45) is 12.2 Å². The number of nitrogens with one attached hydrogen (secondary N) is 1. The molecule has 0 saturated heterocycles. The molecule has 5 nitrogen and oxygen atoms in total. The highest BCUT2D eigenvalue weighted by Crippen LogP contribution is 2.28. The van der Waals surface area contributed by atoms with Crippen molar-refractivity contribution >= 4 is 23.5 Å². The van der Waals surface area contributed by atoms with E-state index in [0.29, 0.717) is 11.3 Å². The summed E-state index contributed by atoms with van der Waals surface area (Å²) in [5.74, 6) is -0.679. The smallest absolute Gasteiger partial charge is 0.228 e. The third-order valence-electron chi connectivity index (χ3n) is 3.67. The summed E-state index contributed by atoms with van der Waals surface area (Å²) in [7, 11) is 1.84. The molecule has 25 heavy (non-hydrogen) atoms. The van der Waals surface area contributed by atoms with Crippen LogP contribution in [-0.4, -0.2) is 15.7 Å². The molecule has 0 bridgehead atoms. The Labute approximate surface area is 149 Å². The van der Waals surface area contributed by atoms with Gasteiger partial charge in [0.1, 0.15) is 5.82 Å². The number of aromatic nitrogens is 2. The lowest BCUT2D eigenvalue weighted by Crippen LogP contribution is -2.15. The minimum absolute atomic E-state index is 0.0328. The van der Waals surface area contributed by atoms with Gasteiger partial charge in [0.2, 0.25) is 5.91 Å². The molecule has 128 valence electrons. The molecule has 0 fully saturated rings. The highest BCUT2D eigenvalue weighted by Gasteiger charge is 2.10. The number of anilines is 1. The summed E-state index contributed by atoms with van der Waals surface area (Å²) in [5, 5.41) is 12.6. The van der Waals surface area contributed by atoms with Crippen LogP contribution in [0.25, 0.3) is 11.1 Å². The quantitative estimate of drug-likeness (QED) is 0.688. The van der Waals surface area contributed by atoms with E-state index in [1.165, 1.54) is 6.07 Å². The van der Waals surface area contributed by atoms with Crippen LogP contribution in [0, 0.1) is 5.82 Å². The SMILES string of the molecule is Cn1cc(-c2cc(NC(=O)Cc3ccccc3F)cc(SN)c2)cn1. The second-order valence-electron chi connectivity index (χ2n) is 5.58. The first-order valence-corrected chi connectivity index (χ1v) is 8.47. The summed E-state index contributed by atoms with van der Waals surface area (Å²) in [6.07, 6.45) is 3.59. The Morgan fingerprint density at radius 3 is 2.76 bits per heavy atom. The third kappa shape index (κ3) is 4.26. The molecule has 1 amide bonds. The van der Waals surface area contributed by atoms with Crippen LogP contribution in [-0.2, 0) is 18.3 Å². The standard InChI is InChI=1S/C18H17FN4OS/c1-23-11-14(10-21-23)13-6-15(9-16(7-13)25-20)22-18(24)8-12-4-2-3-5-17(12)19/h2-7,9-11H,8,20H2,1H3,(H,22,24). The van der Waals surface area contributed by atoms with E-state index in [2.05, 4.69) is 10.4 Å². The number of nitrogens with two attached hydrogens (primary N) is 1. The third-order valence-corrected chi connectivity index (χ3v) is 4.18. The average Bonchev–Trinajstić information content (AvgIpc) is 3.03. The molecule has 3 rings (SSSR count). The Bertz CT molecular complexity index is 910. The molecule has 0 aliphatic rings. The second-order valence-corrected chi connectivity index (χ2v) is 6.29. The van der Waals surface area contributed by atoms with E-state index in [9.17, 15) is 9.18 Å². The zero-order valence-corrected chi connectivity index (χ0v) is 14.4. The molecular formula is C18H17FN4OS. The van der Waals surface area contributed by atoms with Gasteiger partial charge in [-0.05, 0) is 47.3 Å². The lowest BCUT2D eigenvalue weighted by atomic mass is 10.1. The Balaban J connectivity index is 1.82. The van der Waals surface area contributed by atoms with Crippen molar-refractivity contribution in [2.45, 2.75) is 11.3 Å². The van der Waals surface area contributed by atoms with Crippen LogP contribution in [0.4, 0.5) is 10.1 Å². The average molecular weight is 356 g/mol. The van der Waals surface area contributed by atoms with Crippen LogP contribution in [0.1, 0.15) is 5.56 Å². The van der Waals surface area contributed by atoms with Gasteiger partial charge in [-0.3, -0.25) is 14.6 Å². The van der Waals surface area contributed by atoms with Gasteiger partial charge in [0.15, 0.2) is 0 Å². The van der Waals surface area contributed by atoms with Crippen LogP contribution >= 0.6 is 11.9 Å². The number of hydrogen-bond acceptors (Lipinski definition) is 4. The minimum atomic E-state index is -0.389. The van der Waals surface area contributed by atoms with E-state index in [-0.39, 0.29) is 18.1 Å². The Morgan fingerprint density at radius 2 is 2.08 bits per heavy atom. The number of hydrogen-bond donors (Lipinski definition) is 2. The maximum absolute atomic E-state index is 13.7. The molecule has 0 aliphatic carbocycles. The van der Waals surface area contributed by atoms with Gasteiger partial charge in [0.25, 0.3) is 0 Å². The number of halogens is 1. The largest absolute Gasteiger partial charge is 0.326 e. The first kappa shape index (κ1) is 17.2. The maximum Gasteiger partial charge on any atom is 0.228 e. The molecular weight excluding hydrogens is 339 g/mol. The number of amides is 1. The second kappa shape index (κ2) is 7.50. The fraction of sp³-hybridized carbons (Fsp3) is 0.111. The number of carbonyl (C=O) groups excluding carboxylic acids is 1. The van der Waals surface area contributed by atoms with Crippen molar-refractivity contribution in [3.63, 3.8) is 0 Å². The number of nitrogens with zero attached hydrogens (tertiary/aromatic N) is 2. The predicted molar refractivity (Wildman–Crippen MR) is 97.4 cm³/mol. The number of carbonyl (C=O) groups is 1. The van der Waals surface area contributed by atoms with Crippen molar-refractivity contribution < 1.29 is 9.18 Å². The van der Waals surface area contributed by atoms with Gasteiger partial charge < -0.3 is 5.32 Å². The highest BCUT2D eigenvalue weighted by atomic mass is 32.2. The summed E-state index contributed by atoms with van der Waals surface area (Å²) in [5.41, 5.74) is 2.78. The topological polar surface area (TPSA) is 72.9 Å². The van der Waals surface area contributed by atoms with Crippen molar-refractivity contribution in [1.82, 2.24) is 9.78 Å². The molecule has 1 aromatic heterocycles. The van der Waals surface area contributed by atoms with E-state index in [1.807, 2.05) is 25.4 Å². The van der Waals surface area contributed by atoms with Gasteiger partial charge >= 0.3 is 0 Å². The van der Waals surface area contributed by atoms with E-state index < -0.39 is 0 Å². The van der Waals surface area contributed by atoms with Gasteiger partial charge in [-0.1, -0.05) is 18.2 Å². The van der Waals surface area contributed by atoms with Crippen LogP contribution in [0.5, 0.6) is 0 Å². The Morgan fingerprint density at radius 1 is 1.28 bits per heavy atom. The molecule has 0 unspecified atom stereocenters. The lowest BCUT2D eigenvalue weighted by molar-refractivity contribution is -0.115. The first-order chi connectivity index (χ1) is 12.0. The first-order valence-electron chi connectivity index (χ1n) is 7.59. The van der Waals surface area contributed by atoms with E-state index in [4.69, 9.17) is 5.14 Å². The van der Waals surface area contributed by atoms with Gasteiger partial charge in [-0.25, -0.2) is 4.39 Å². The van der Waals surface area contributed by atoms with Crippen LogP contribution in [0.2, 0.25) is 0 Å². The molecule has 0 saturated carbocycles. The van der Waals surface area contributed by atoms with Crippen molar-refractivity contribution in [1.29, 1.82) is 0 Å². The number of aryl methyl sites for hydroxylation is 1.